The molecule has 9 heteroatoms. The molecular formula is C28H29F3N4O2. The van der Waals surface area contributed by atoms with Crippen molar-refractivity contribution in [2.45, 2.75) is 45.2 Å². The number of ketones is 1. The molecule has 1 unspecified atom stereocenters. The highest BCUT2D eigenvalue weighted by Crippen LogP contribution is 2.58. The summed E-state index contributed by atoms with van der Waals surface area (Å²) in [4.78, 5) is 25.5. The molecular weight excluding hydrogens is 481 g/mol. The molecule has 1 aliphatic heterocycles. The SMILES string of the molecule is C=C(/C=C(\OC)C1(C(F)(F)F)CCC1)CC(=O)Cc1ccc(-c2cnc(NC3=CC(C)C=N3)nc2)cc1. The molecule has 0 spiro atoms. The number of alkyl halides is 3. The van der Waals surface area contributed by atoms with Crippen LogP contribution in [0, 0.1) is 11.3 Å². The summed E-state index contributed by atoms with van der Waals surface area (Å²) in [6, 6.07) is 7.43. The number of aromatic nitrogens is 2. The lowest BCUT2D eigenvalue weighted by atomic mass is 9.66. The Hall–Kier alpha value is -3.75. The Morgan fingerprint density at radius 3 is 2.38 bits per heavy atom. The van der Waals surface area contributed by atoms with Crippen LogP contribution in [0.15, 0.2) is 77.5 Å². The normalized spacial score (nSPS) is 18.7. The summed E-state index contributed by atoms with van der Waals surface area (Å²) in [5.41, 5.74) is 0.836. The predicted octanol–water partition coefficient (Wildman–Crippen LogP) is 6.44. The maximum absolute atomic E-state index is 13.6. The number of carbonyl (C=O) groups is 1. The summed E-state index contributed by atoms with van der Waals surface area (Å²) in [6.45, 7) is 5.83. The van der Waals surface area contributed by atoms with E-state index in [0.717, 1.165) is 16.7 Å². The van der Waals surface area contributed by atoms with Gasteiger partial charge in [0.2, 0.25) is 5.95 Å². The van der Waals surface area contributed by atoms with Crippen LogP contribution < -0.4 is 5.32 Å². The summed E-state index contributed by atoms with van der Waals surface area (Å²) >= 11 is 0. The van der Waals surface area contributed by atoms with Crippen LogP contribution in [0.4, 0.5) is 19.1 Å². The number of rotatable bonds is 10. The highest BCUT2D eigenvalue weighted by molar-refractivity contribution is 5.83. The first kappa shape index (κ1) is 26.3. The number of hydrogen-bond donors (Lipinski definition) is 1. The fraction of sp³-hybridized carbons (Fsp3) is 0.357. The Labute approximate surface area is 214 Å². The molecule has 2 heterocycles. The lowest BCUT2D eigenvalue weighted by molar-refractivity contribution is -0.245. The van der Waals surface area contributed by atoms with Crippen molar-refractivity contribution in [1.29, 1.82) is 0 Å². The van der Waals surface area contributed by atoms with E-state index in [2.05, 4.69) is 26.9 Å². The van der Waals surface area contributed by atoms with Crippen LogP contribution >= 0.6 is 0 Å². The van der Waals surface area contributed by atoms with Crippen LogP contribution in [0.2, 0.25) is 0 Å². The van der Waals surface area contributed by atoms with Crippen molar-refractivity contribution in [1.82, 2.24) is 9.97 Å². The Kier molecular flexibility index (Phi) is 7.61. The van der Waals surface area contributed by atoms with Crippen LogP contribution in [-0.4, -0.2) is 35.3 Å². The first-order valence-corrected chi connectivity index (χ1v) is 12.1. The van der Waals surface area contributed by atoms with E-state index < -0.39 is 11.6 Å². The van der Waals surface area contributed by atoms with Crippen LogP contribution in [-0.2, 0) is 16.0 Å². The van der Waals surface area contributed by atoms with Gasteiger partial charge in [0, 0.05) is 42.9 Å². The third-order valence-electron chi connectivity index (χ3n) is 6.65. The van der Waals surface area contributed by atoms with Gasteiger partial charge in [0.05, 0.1) is 7.11 Å². The predicted molar refractivity (Wildman–Crippen MR) is 137 cm³/mol. The fourth-order valence-electron chi connectivity index (χ4n) is 4.45. The Morgan fingerprint density at radius 1 is 1.19 bits per heavy atom. The Bertz CT molecular complexity index is 1240. The van der Waals surface area contributed by atoms with Crippen LogP contribution in [0.25, 0.3) is 11.1 Å². The van der Waals surface area contributed by atoms with Gasteiger partial charge in [-0.1, -0.05) is 44.2 Å². The van der Waals surface area contributed by atoms with E-state index in [1.807, 2.05) is 43.5 Å². The minimum absolute atomic E-state index is 0.0139. The molecule has 6 nitrogen and oxygen atoms in total. The molecule has 1 atom stereocenters. The maximum atomic E-state index is 13.6. The van der Waals surface area contributed by atoms with Gasteiger partial charge < -0.3 is 10.1 Å². The molecule has 0 radical (unpaired) electrons. The van der Waals surface area contributed by atoms with Crippen molar-refractivity contribution in [3.8, 4) is 11.1 Å². The molecule has 0 saturated heterocycles. The molecule has 1 aromatic carbocycles. The van der Waals surface area contributed by atoms with Crippen LogP contribution in [0.3, 0.4) is 0 Å². The van der Waals surface area contributed by atoms with Crippen molar-refractivity contribution in [3.05, 3.63) is 78.1 Å². The topological polar surface area (TPSA) is 76.5 Å². The molecule has 4 rings (SSSR count). The number of allylic oxidation sites excluding steroid dienone is 4. The molecule has 0 amide bonds. The standard InChI is InChI=1S/C28H29F3N4O2/c1-18(12-24(37-3)27(9-4-10-27)28(29,30)31)11-23(36)14-20-5-7-21(8-6-20)22-16-33-26(34-17-22)35-25-13-19(2)15-32-25/h5-8,12-13,15-17,19H,1,4,9-11,14H2,2-3H3,(H,33,34,35)/b24-12-. The summed E-state index contributed by atoms with van der Waals surface area (Å²) < 4.78 is 46.0. The number of aliphatic imine (C=N–C) groups is 1. The number of Topliss-reactive ketones (excluding diaryl/α,β-unsaturated/α-hetero) is 1. The highest BCUT2D eigenvalue weighted by atomic mass is 19.4. The van der Waals surface area contributed by atoms with E-state index in [-0.39, 0.29) is 43.1 Å². The van der Waals surface area contributed by atoms with Crippen molar-refractivity contribution >= 4 is 17.9 Å². The largest absolute Gasteiger partial charge is 0.500 e. The zero-order valence-electron chi connectivity index (χ0n) is 20.8. The second-order valence-electron chi connectivity index (χ2n) is 9.50. The first-order chi connectivity index (χ1) is 17.6. The van der Waals surface area contributed by atoms with Gasteiger partial charge in [-0.25, -0.2) is 15.0 Å². The summed E-state index contributed by atoms with van der Waals surface area (Å²) in [5, 5.41) is 3.06. The van der Waals surface area contributed by atoms with E-state index in [9.17, 15) is 18.0 Å². The first-order valence-electron chi connectivity index (χ1n) is 12.1. The number of carbonyl (C=O) groups excluding carboxylic acids is 1. The smallest absolute Gasteiger partial charge is 0.401 e. The van der Waals surface area contributed by atoms with Gasteiger partial charge in [-0.2, -0.15) is 13.2 Å². The number of ether oxygens (including phenoxy) is 1. The van der Waals surface area contributed by atoms with Crippen molar-refractivity contribution in [3.63, 3.8) is 0 Å². The lowest BCUT2D eigenvalue weighted by Gasteiger charge is -2.43. The molecule has 1 N–H and O–H groups in total. The molecule has 2 aromatic rings. The van der Waals surface area contributed by atoms with Gasteiger partial charge in [0.25, 0.3) is 0 Å². The van der Waals surface area contributed by atoms with Gasteiger partial charge in [-0.3, -0.25) is 4.79 Å². The molecule has 1 aliphatic carbocycles. The minimum Gasteiger partial charge on any atom is -0.500 e. The van der Waals surface area contributed by atoms with Crippen molar-refractivity contribution < 1.29 is 22.7 Å². The molecule has 0 bridgehead atoms. The van der Waals surface area contributed by atoms with Crippen LogP contribution in [0.5, 0.6) is 0 Å². The number of anilines is 1. The minimum atomic E-state index is -4.40. The van der Waals surface area contributed by atoms with Gasteiger partial charge in [-0.05, 0) is 41.7 Å². The van der Waals surface area contributed by atoms with E-state index in [0.29, 0.717) is 23.8 Å². The van der Waals surface area contributed by atoms with Gasteiger partial charge in [-0.15, -0.1) is 0 Å². The highest BCUT2D eigenvalue weighted by Gasteiger charge is 2.61. The molecule has 194 valence electrons. The Morgan fingerprint density at radius 2 is 1.86 bits per heavy atom. The number of benzene rings is 1. The van der Waals surface area contributed by atoms with Crippen LogP contribution in [0.1, 0.15) is 38.2 Å². The third-order valence-corrected chi connectivity index (χ3v) is 6.65. The van der Waals surface area contributed by atoms with Crippen molar-refractivity contribution in [2.24, 2.45) is 16.3 Å². The van der Waals surface area contributed by atoms with Gasteiger partial charge >= 0.3 is 6.18 Å². The van der Waals surface area contributed by atoms with Crippen molar-refractivity contribution in [2.75, 3.05) is 12.4 Å². The molecule has 37 heavy (non-hydrogen) atoms. The summed E-state index contributed by atoms with van der Waals surface area (Å²) in [7, 11) is 1.23. The number of halogens is 3. The molecule has 2 aliphatic rings. The number of nitrogens with one attached hydrogen (secondary N) is 1. The van der Waals surface area contributed by atoms with E-state index in [4.69, 9.17) is 4.74 Å². The molecule has 1 aromatic heterocycles. The zero-order chi connectivity index (χ0) is 26.6. The summed E-state index contributed by atoms with van der Waals surface area (Å²) in [5.74, 6) is 1.13. The lowest BCUT2D eigenvalue weighted by Crippen LogP contribution is -2.46. The monoisotopic (exact) mass is 510 g/mol. The van der Waals surface area contributed by atoms with Gasteiger partial charge in [0.15, 0.2) is 0 Å². The molecule has 1 fully saturated rings. The maximum Gasteiger partial charge on any atom is 0.401 e. The van der Waals surface area contributed by atoms with E-state index in [1.165, 1.54) is 13.2 Å². The van der Waals surface area contributed by atoms with Gasteiger partial charge in [0.1, 0.15) is 22.8 Å². The Balaban J connectivity index is 1.34. The second-order valence-corrected chi connectivity index (χ2v) is 9.50. The number of methoxy groups -OCH3 is 1. The summed E-state index contributed by atoms with van der Waals surface area (Å²) in [6.07, 6.45) is 4.66. The number of hydrogen-bond acceptors (Lipinski definition) is 6. The zero-order valence-corrected chi connectivity index (χ0v) is 20.8. The second kappa shape index (κ2) is 10.7. The third kappa shape index (κ3) is 5.98. The van der Waals surface area contributed by atoms with E-state index in [1.54, 1.807) is 12.4 Å². The quantitative estimate of drug-likeness (QED) is 0.294. The molecule has 1 saturated carbocycles. The average molecular weight is 511 g/mol. The number of nitrogens with zero attached hydrogens (tertiary/aromatic N) is 3. The fourth-order valence-corrected chi connectivity index (χ4v) is 4.45. The average Bonchev–Trinajstić information content (AvgIpc) is 3.22. The van der Waals surface area contributed by atoms with E-state index >= 15 is 0 Å².